The lowest BCUT2D eigenvalue weighted by Crippen LogP contribution is -2.34. The largest absolute Gasteiger partial charge is 0.369 e. The third kappa shape index (κ3) is 5.89. The van der Waals surface area contributed by atoms with E-state index in [1.807, 2.05) is 0 Å². The number of nitrogens with one attached hydrogen (secondary N) is 2. The quantitative estimate of drug-likeness (QED) is 0.736. The summed E-state index contributed by atoms with van der Waals surface area (Å²) >= 11 is 6.13. The number of pyridine rings is 1. The topological polar surface area (TPSA) is 57.3 Å². The Morgan fingerprint density at radius 2 is 2.00 bits per heavy atom. The molecule has 0 unspecified atom stereocenters. The van der Waals surface area contributed by atoms with E-state index in [4.69, 9.17) is 11.6 Å². The maximum atomic E-state index is 12.0. The number of amides is 1. The van der Waals surface area contributed by atoms with Gasteiger partial charge in [0.2, 0.25) is 0 Å². The van der Waals surface area contributed by atoms with E-state index >= 15 is 0 Å². The Hall–Kier alpha value is -1.33. The molecule has 0 spiro atoms. The van der Waals surface area contributed by atoms with E-state index in [1.54, 1.807) is 12.3 Å². The number of carbonyl (C=O) groups excluding carboxylic acids is 1. The lowest BCUT2D eigenvalue weighted by molar-refractivity contribution is 0.0948. The molecule has 1 aromatic rings. The maximum Gasteiger partial charge on any atom is 0.252 e. The number of carbonyl (C=O) groups is 1. The van der Waals surface area contributed by atoms with Crippen LogP contribution in [0.1, 0.15) is 37.6 Å². The van der Waals surface area contributed by atoms with Crippen molar-refractivity contribution in [2.75, 3.05) is 38.0 Å². The number of aromatic nitrogens is 1. The van der Waals surface area contributed by atoms with E-state index in [2.05, 4.69) is 41.3 Å². The zero-order valence-corrected chi connectivity index (χ0v) is 13.8. The third-order valence-corrected chi connectivity index (χ3v) is 3.54. The molecule has 0 radical (unpaired) electrons. The van der Waals surface area contributed by atoms with E-state index < -0.39 is 0 Å². The van der Waals surface area contributed by atoms with E-state index in [0.717, 1.165) is 32.6 Å². The van der Waals surface area contributed by atoms with Crippen LogP contribution in [0, 0.1) is 0 Å². The number of nitrogens with zero attached hydrogens (tertiary/aromatic N) is 2. The second-order valence-corrected chi connectivity index (χ2v) is 5.17. The molecule has 0 aliphatic rings. The smallest absolute Gasteiger partial charge is 0.252 e. The average molecular weight is 313 g/mol. The van der Waals surface area contributed by atoms with Gasteiger partial charge in [0.1, 0.15) is 5.82 Å². The molecule has 0 saturated carbocycles. The molecular weight excluding hydrogens is 288 g/mol. The highest BCUT2D eigenvalue weighted by atomic mass is 35.5. The first-order valence-electron chi connectivity index (χ1n) is 7.52. The summed E-state index contributed by atoms with van der Waals surface area (Å²) < 4.78 is 0. The van der Waals surface area contributed by atoms with Crippen molar-refractivity contribution in [3.63, 3.8) is 0 Å². The standard InChI is InChI=1S/C15H25ClN4O/c1-4-7-17-14-13(16)10-12(11-19-14)15(21)18-8-9-20(5-2)6-3/h10-11H,4-9H2,1-3H3,(H,17,19)(H,18,21). The molecule has 1 rings (SSSR count). The first-order chi connectivity index (χ1) is 10.1. The fourth-order valence-electron chi connectivity index (χ4n) is 1.91. The van der Waals surface area contributed by atoms with Gasteiger partial charge in [-0.15, -0.1) is 0 Å². The van der Waals surface area contributed by atoms with Crippen LogP contribution in [0.5, 0.6) is 0 Å². The molecule has 0 fully saturated rings. The van der Waals surface area contributed by atoms with Gasteiger partial charge in [0, 0.05) is 25.8 Å². The summed E-state index contributed by atoms with van der Waals surface area (Å²) in [6.45, 7) is 10.5. The van der Waals surface area contributed by atoms with Gasteiger partial charge in [0.15, 0.2) is 0 Å². The van der Waals surface area contributed by atoms with Crippen molar-refractivity contribution in [1.82, 2.24) is 15.2 Å². The highest BCUT2D eigenvalue weighted by Crippen LogP contribution is 2.19. The molecule has 0 bridgehead atoms. The number of hydrogen-bond acceptors (Lipinski definition) is 4. The van der Waals surface area contributed by atoms with Crippen LogP contribution in [0.25, 0.3) is 0 Å². The molecule has 6 heteroatoms. The summed E-state index contributed by atoms with van der Waals surface area (Å²) in [4.78, 5) is 18.5. The van der Waals surface area contributed by atoms with Gasteiger partial charge in [-0.2, -0.15) is 0 Å². The maximum absolute atomic E-state index is 12.0. The summed E-state index contributed by atoms with van der Waals surface area (Å²) in [5.41, 5.74) is 0.488. The Morgan fingerprint density at radius 3 is 2.57 bits per heavy atom. The van der Waals surface area contributed by atoms with Gasteiger partial charge >= 0.3 is 0 Å². The van der Waals surface area contributed by atoms with Crippen LogP contribution in [-0.4, -0.2) is 48.5 Å². The van der Waals surface area contributed by atoms with E-state index in [-0.39, 0.29) is 5.91 Å². The van der Waals surface area contributed by atoms with Crippen molar-refractivity contribution < 1.29 is 4.79 Å². The highest BCUT2D eigenvalue weighted by Gasteiger charge is 2.10. The van der Waals surface area contributed by atoms with Crippen molar-refractivity contribution in [2.24, 2.45) is 0 Å². The summed E-state index contributed by atoms with van der Waals surface area (Å²) in [7, 11) is 0. The van der Waals surface area contributed by atoms with E-state index in [0.29, 0.717) is 22.9 Å². The van der Waals surface area contributed by atoms with Gasteiger partial charge in [-0.3, -0.25) is 4.79 Å². The number of hydrogen-bond donors (Lipinski definition) is 2. The molecule has 0 atom stereocenters. The zero-order valence-electron chi connectivity index (χ0n) is 13.1. The number of likely N-dealkylation sites (N-methyl/N-ethyl adjacent to an activating group) is 1. The van der Waals surface area contributed by atoms with Crippen LogP contribution in [0.2, 0.25) is 5.02 Å². The van der Waals surface area contributed by atoms with Crippen molar-refractivity contribution in [2.45, 2.75) is 27.2 Å². The minimum atomic E-state index is -0.140. The monoisotopic (exact) mass is 312 g/mol. The molecule has 21 heavy (non-hydrogen) atoms. The number of rotatable bonds is 9. The van der Waals surface area contributed by atoms with Gasteiger partial charge in [0.25, 0.3) is 5.91 Å². The number of anilines is 1. The number of halogens is 1. The molecule has 5 nitrogen and oxygen atoms in total. The molecule has 1 amide bonds. The minimum absolute atomic E-state index is 0.140. The normalized spacial score (nSPS) is 10.7. The first-order valence-corrected chi connectivity index (χ1v) is 7.90. The van der Waals surface area contributed by atoms with Crippen LogP contribution in [0.3, 0.4) is 0 Å². The fourth-order valence-corrected chi connectivity index (χ4v) is 2.14. The molecule has 0 aromatic carbocycles. The van der Waals surface area contributed by atoms with Crippen LogP contribution < -0.4 is 10.6 Å². The van der Waals surface area contributed by atoms with Gasteiger partial charge in [0.05, 0.1) is 10.6 Å². The summed E-state index contributed by atoms with van der Waals surface area (Å²) in [5, 5.41) is 6.48. The average Bonchev–Trinajstić information content (AvgIpc) is 2.50. The highest BCUT2D eigenvalue weighted by molar-refractivity contribution is 6.33. The van der Waals surface area contributed by atoms with Crippen LogP contribution in [0.4, 0.5) is 5.82 Å². The first kappa shape index (κ1) is 17.7. The fraction of sp³-hybridized carbons (Fsp3) is 0.600. The van der Waals surface area contributed by atoms with E-state index in [1.165, 1.54) is 0 Å². The lowest BCUT2D eigenvalue weighted by Gasteiger charge is -2.18. The van der Waals surface area contributed by atoms with Crippen LogP contribution in [0.15, 0.2) is 12.3 Å². The zero-order chi connectivity index (χ0) is 15.7. The van der Waals surface area contributed by atoms with Crippen LogP contribution >= 0.6 is 11.6 Å². The SMILES string of the molecule is CCCNc1ncc(C(=O)NCCN(CC)CC)cc1Cl. The second-order valence-electron chi connectivity index (χ2n) is 4.76. The molecular formula is C15H25ClN4O. The van der Waals surface area contributed by atoms with E-state index in [9.17, 15) is 4.79 Å². The van der Waals surface area contributed by atoms with Gasteiger partial charge < -0.3 is 15.5 Å². The Bertz CT molecular complexity index is 449. The Balaban J connectivity index is 2.52. The van der Waals surface area contributed by atoms with Gasteiger partial charge in [-0.1, -0.05) is 32.4 Å². The van der Waals surface area contributed by atoms with Crippen molar-refractivity contribution >= 4 is 23.3 Å². The van der Waals surface area contributed by atoms with Gasteiger partial charge in [-0.05, 0) is 25.6 Å². The molecule has 0 saturated heterocycles. The molecule has 118 valence electrons. The predicted octanol–water partition coefficient (Wildman–Crippen LogP) is 2.63. The minimum Gasteiger partial charge on any atom is -0.369 e. The van der Waals surface area contributed by atoms with Crippen molar-refractivity contribution in [3.05, 3.63) is 22.8 Å². The van der Waals surface area contributed by atoms with Gasteiger partial charge in [-0.25, -0.2) is 4.98 Å². The molecule has 0 aliphatic carbocycles. The molecule has 1 heterocycles. The Kier molecular flexibility index (Phi) is 8.08. The summed E-state index contributed by atoms with van der Waals surface area (Å²) in [6.07, 6.45) is 2.54. The molecule has 1 aromatic heterocycles. The summed E-state index contributed by atoms with van der Waals surface area (Å²) in [5.74, 6) is 0.483. The molecule has 2 N–H and O–H groups in total. The molecule has 0 aliphatic heterocycles. The van der Waals surface area contributed by atoms with Crippen LogP contribution in [-0.2, 0) is 0 Å². The second kappa shape index (κ2) is 9.58. The predicted molar refractivity (Wildman–Crippen MR) is 88.1 cm³/mol. The third-order valence-electron chi connectivity index (χ3n) is 3.25. The summed E-state index contributed by atoms with van der Waals surface area (Å²) in [6, 6.07) is 1.65. The van der Waals surface area contributed by atoms with Crippen molar-refractivity contribution in [3.8, 4) is 0 Å². The van der Waals surface area contributed by atoms with Crippen molar-refractivity contribution in [1.29, 1.82) is 0 Å². The lowest BCUT2D eigenvalue weighted by atomic mass is 10.2. The Labute approximate surface area is 132 Å². The Morgan fingerprint density at radius 1 is 1.29 bits per heavy atom.